The van der Waals surface area contributed by atoms with E-state index in [2.05, 4.69) is 31.3 Å². The standard InChI is InChI=1S/C21H27NO2/c1-15(2)12-19(18-8-6-5-7-9-18)22-21(23)14-17-10-11-20(24-4)16(3)13-17/h5-11,13,15,19H,12,14H2,1-4H3,(H,22,23)/t19-/m1/s1. The molecule has 2 aromatic rings. The van der Waals surface area contributed by atoms with Crippen molar-refractivity contribution in [3.63, 3.8) is 0 Å². The first-order valence-corrected chi connectivity index (χ1v) is 8.47. The number of carbonyl (C=O) groups excluding carboxylic acids is 1. The van der Waals surface area contributed by atoms with Gasteiger partial charge in [-0.05, 0) is 42.0 Å². The molecule has 0 unspecified atom stereocenters. The predicted octanol–water partition coefficient (Wildman–Crippen LogP) is 4.45. The summed E-state index contributed by atoms with van der Waals surface area (Å²) in [6.07, 6.45) is 1.31. The first-order chi connectivity index (χ1) is 11.5. The third-order valence-corrected chi connectivity index (χ3v) is 4.07. The van der Waals surface area contributed by atoms with Crippen molar-refractivity contribution in [2.45, 2.75) is 39.7 Å². The van der Waals surface area contributed by atoms with Crippen molar-refractivity contribution in [3.8, 4) is 5.75 Å². The van der Waals surface area contributed by atoms with Gasteiger partial charge in [0.1, 0.15) is 5.75 Å². The molecule has 1 atom stereocenters. The lowest BCUT2D eigenvalue weighted by atomic mass is 9.96. The monoisotopic (exact) mass is 325 g/mol. The van der Waals surface area contributed by atoms with E-state index in [1.807, 2.05) is 43.3 Å². The fourth-order valence-corrected chi connectivity index (χ4v) is 2.92. The second kappa shape index (κ2) is 8.53. The zero-order valence-corrected chi connectivity index (χ0v) is 15.0. The van der Waals surface area contributed by atoms with E-state index in [4.69, 9.17) is 4.74 Å². The lowest BCUT2D eigenvalue weighted by molar-refractivity contribution is -0.121. The van der Waals surface area contributed by atoms with E-state index in [1.54, 1.807) is 7.11 Å². The molecule has 0 spiro atoms. The third-order valence-electron chi connectivity index (χ3n) is 4.07. The Labute approximate surface area is 145 Å². The normalized spacial score (nSPS) is 12.0. The number of hydrogen-bond acceptors (Lipinski definition) is 2. The Hall–Kier alpha value is -2.29. The molecule has 1 N–H and O–H groups in total. The quantitative estimate of drug-likeness (QED) is 0.817. The molecule has 2 rings (SSSR count). The summed E-state index contributed by atoms with van der Waals surface area (Å²) in [5, 5.41) is 3.19. The minimum absolute atomic E-state index is 0.0501. The molecule has 0 aliphatic rings. The average Bonchev–Trinajstić information content (AvgIpc) is 2.55. The van der Waals surface area contributed by atoms with Crippen LogP contribution in [0.1, 0.15) is 43.0 Å². The average molecular weight is 325 g/mol. The van der Waals surface area contributed by atoms with Crippen LogP contribution in [0.3, 0.4) is 0 Å². The number of methoxy groups -OCH3 is 1. The number of amides is 1. The molecule has 0 saturated heterocycles. The molecular formula is C21H27NO2. The number of aryl methyl sites for hydroxylation is 1. The summed E-state index contributed by atoms with van der Waals surface area (Å²) in [4.78, 5) is 12.5. The Morgan fingerprint density at radius 2 is 1.83 bits per heavy atom. The van der Waals surface area contributed by atoms with Crippen LogP contribution in [-0.2, 0) is 11.2 Å². The van der Waals surface area contributed by atoms with Crippen LogP contribution in [0.4, 0.5) is 0 Å². The summed E-state index contributed by atoms with van der Waals surface area (Å²) in [5.74, 6) is 1.41. The molecule has 0 aliphatic carbocycles. The zero-order valence-electron chi connectivity index (χ0n) is 15.0. The summed E-state index contributed by atoms with van der Waals surface area (Å²) in [7, 11) is 1.66. The van der Waals surface area contributed by atoms with E-state index in [0.29, 0.717) is 12.3 Å². The van der Waals surface area contributed by atoms with Gasteiger partial charge in [0.05, 0.1) is 19.6 Å². The van der Waals surface area contributed by atoms with Gasteiger partial charge in [-0.1, -0.05) is 56.3 Å². The van der Waals surface area contributed by atoms with Crippen molar-refractivity contribution in [3.05, 3.63) is 65.2 Å². The highest BCUT2D eigenvalue weighted by Gasteiger charge is 2.16. The highest BCUT2D eigenvalue weighted by atomic mass is 16.5. The first kappa shape index (κ1) is 18.1. The number of benzene rings is 2. The number of hydrogen-bond donors (Lipinski definition) is 1. The molecule has 0 bridgehead atoms. The van der Waals surface area contributed by atoms with Crippen molar-refractivity contribution in [2.24, 2.45) is 5.92 Å². The molecule has 0 heterocycles. The Balaban J connectivity index is 2.06. The van der Waals surface area contributed by atoms with Crippen LogP contribution in [0.2, 0.25) is 0 Å². The van der Waals surface area contributed by atoms with Crippen molar-refractivity contribution >= 4 is 5.91 Å². The molecule has 2 aromatic carbocycles. The molecule has 128 valence electrons. The van der Waals surface area contributed by atoms with Crippen LogP contribution in [0.15, 0.2) is 48.5 Å². The van der Waals surface area contributed by atoms with E-state index >= 15 is 0 Å². The van der Waals surface area contributed by atoms with Gasteiger partial charge in [-0.2, -0.15) is 0 Å². The van der Waals surface area contributed by atoms with Gasteiger partial charge < -0.3 is 10.1 Å². The van der Waals surface area contributed by atoms with Gasteiger partial charge in [0, 0.05) is 0 Å². The summed E-state index contributed by atoms with van der Waals surface area (Å²) in [6, 6.07) is 16.1. The van der Waals surface area contributed by atoms with Crippen LogP contribution < -0.4 is 10.1 Å². The van der Waals surface area contributed by atoms with E-state index < -0.39 is 0 Å². The largest absolute Gasteiger partial charge is 0.496 e. The van der Waals surface area contributed by atoms with Crippen LogP contribution in [0.5, 0.6) is 5.75 Å². The van der Waals surface area contributed by atoms with Gasteiger partial charge in [-0.3, -0.25) is 4.79 Å². The molecule has 1 amide bonds. The summed E-state index contributed by atoms with van der Waals surface area (Å²) in [6.45, 7) is 6.34. The van der Waals surface area contributed by atoms with Crippen LogP contribution in [-0.4, -0.2) is 13.0 Å². The van der Waals surface area contributed by atoms with Gasteiger partial charge >= 0.3 is 0 Å². The van der Waals surface area contributed by atoms with E-state index in [0.717, 1.165) is 28.9 Å². The Kier molecular flexibility index (Phi) is 6.42. The molecule has 3 nitrogen and oxygen atoms in total. The van der Waals surface area contributed by atoms with Crippen molar-refractivity contribution < 1.29 is 9.53 Å². The minimum atomic E-state index is 0.0501. The number of rotatable bonds is 7. The number of nitrogens with one attached hydrogen (secondary N) is 1. The molecule has 24 heavy (non-hydrogen) atoms. The Morgan fingerprint density at radius 3 is 2.42 bits per heavy atom. The summed E-state index contributed by atoms with van der Waals surface area (Å²) >= 11 is 0. The Morgan fingerprint density at radius 1 is 1.12 bits per heavy atom. The molecule has 0 saturated carbocycles. The van der Waals surface area contributed by atoms with E-state index in [1.165, 1.54) is 0 Å². The summed E-state index contributed by atoms with van der Waals surface area (Å²) < 4.78 is 5.27. The van der Waals surface area contributed by atoms with Crippen molar-refractivity contribution in [1.82, 2.24) is 5.32 Å². The van der Waals surface area contributed by atoms with Gasteiger partial charge in [0.15, 0.2) is 0 Å². The summed E-state index contributed by atoms with van der Waals surface area (Å²) in [5.41, 5.74) is 3.21. The number of carbonyl (C=O) groups is 1. The fraction of sp³-hybridized carbons (Fsp3) is 0.381. The van der Waals surface area contributed by atoms with Crippen LogP contribution in [0.25, 0.3) is 0 Å². The maximum absolute atomic E-state index is 12.5. The topological polar surface area (TPSA) is 38.3 Å². The highest BCUT2D eigenvalue weighted by Crippen LogP contribution is 2.22. The van der Waals surface area contributed by atoms with Crippen molar-refractivity contribution in [1.29, 1.82) is 0 Å². The SMILES string of the molecule is COc1ccc(CC(=O)N[C@H](CC(C)C)c2ccccc2)cc1C. The first-order valence-electron chi connectivity index (χ1n) is 8.47. The predicted molar refractivity (Wildman–Crippen MR) is 98.2 cm³/mol. The smallest absolute Gasteiger partial charge is 0.224 e. The maximum atomic E-state index is 12.5. The van der Waals surface area contributed by atoms with Crippen molar-refractivity contribution in [2.75, 3.05) is 7.11 Å². The lowest BCUT2D eigenvalue weighted by Crippen LogP contribution is -2.30. The van der Waals surface area contributed by atoms with Gasteiger partial charge in [0.25, 0.3) is 0 Å². The zero-order chi connectivity index (χ0) is 17.5. The van der Waals surface area contributed by atoms with Gasteiger partial charge in [-0.25, -0.2) is 0 Å². The second-order valence-corrected chi connectivity index (χ2v) is 6.64. The van der Waals surface area contributed by atoms with E-state index in [9.17, 15) is 4.79 Å². The third kappa shape index (κ3) is 5.12. The maximum Gasteiger partial charge on any atom is 0.224 e. The number of ether oxygens (including phenoxy) is 1. The lowest BCUT2D eigenvalue weighted by Gasteiger charge is -2.21. The van der Waals surface area contributed by atoms with Crippen LogP contribution >= 0.6 is 0 Å². The van der Waals surface area contributed by atoms with Crippen LogP contribution in [0, 0.1) is 12.8 Å². The molecule has 0 aromatic heterocycles. The molecular weight excluding hydrogens is 298 g/mol. The molecule has 3 heteroatoms. The molecule has 0 fully saturated rings. The Bertz CT molecular complexity index is 665. The van der Waals surface area contributed by atoms with Gasteiger partial charge in [0.2, 0.25) is 5.91 Å². The fourth-order valence-electron chi connectivity index (χ4n) is 2.92. The molecule has 0 aliphatic heterocycles. The molecule has 0 radical (unpaired) electrons. The van der Waals surface area contributed by atoms with E-state index in [-0.39, 0.29) is 11.9 Å². The highest BCUT2D eigenvalue weighted by molar-refractivity contribution is 5.79. The van der Waals surface area contributed by atoms with Gasteiger partial charge in [-0.15, -0.1) is 0 Å². The second-order valence-electron chi connectivity index (χ2n) is 6.64. The minimum Gasteiger partial charge on any atom is -0.496 e.